The minimum atomic E-state index is -0.325. The molecule has 0 saturated heterocycles. The van der Waals surface area contributed by atoms with Crippen molar-refractivity contribution in [3.05, 3.63) is 76.1 Å². The van der Waals surface area contributed by atoms with Crippen LogP contribution in [0.1, 0.15) is 20.2 Å². The molecule has 0 saturated carbocycles. The summed E-state index contributed by atoms with van der Waals surface area (Å²) in [6.07, 6.45) is 1.64. The van der Waals surface area contributed by atoms with E-state index in [0.717, 1.165) is 21.5 Å². The molecular weight excluding hydrogens is 344 g/mol. The van der Waals surface area contributed by atoms with Crippen molar-refractivity contribution in [2.75, 3.05) is 0 Å². The lowest BCUT2D eigenvalue weighted by Crippen LogP contribution is -2.17. The summed E-state index contributed by atoms with van der Waals surface area (Å²) < 4.78 is 0. The summed E-state index contributed by atoms with van der Waals surface area (Å²) in [5.41, 5.74) is 4.56. The van der Waals surface area contributed by atoms with Crippen LogP contribution in [0.2, 0.25) is 0 Å². The van der Waals surface area contributed by atoms with Gasteiger partial charge in [-0.2, -0.15) is 10.2 Å². The summed E-state index contributed by atoms with van der Waals surface area (Å²) in [6.45, 7) is 2.03. The van der Waals surface area contributed by atoms with Crippen LogP contribution in [0.5, 0.6) is 0 Å². The van der Waals surface area contributed by atoms with Crippen LogP contribution in [0.3, 0.4) is 0 Å². The van der Waals surface area contributed by atoms with Gasteiger partial charge in [0.1, 0.15) is 5.69 Å². The Morgan fingerprint density at radius 3 is 2.77 bits per heavy atom. The smallest absolute Gasteiger partial charge is 0.272 e. The van der Waals surface area contributed by atoms with Crippen molar-refractivity contribution in [3.63, 3.8) is 0 Å². The Morgan fingerprint density at radius 1 is 1.12 bits per heavy atom. The first-order chi connectivity index (χ1) is 12.7. The molecule has 0 bridgehead atoms. The molecule has 0 aliphatic carbocycles. The number of rotatable bonds is 4. The number of aryl methyl sites for hydroxylation is 1. The number of carbonyl (C=O) groups excluding carboxylic acids is 1. The monoisotopic (exact) mass is 360 g/mol. The van der Waals surface area contributed by atoms with Crippen LogP contribution < -0.4 is 5.43 Å². The molecule has 128 valence electrons. The Morgan fingerprint density at radius 2 is 1.96 bits per heavy atom. The summed E-state index contributed by atoms with van der Waals surface area (Å²) >= 11 is 1.62. The van der Waals surface area contributed by atoms with Crippen LogP contribution in [0.15, 0.2) is 65.8 Å². The second-order valence-corrected chi connectivity index (χ2v) is 7.20. The van der Waals surface area contributed by atoms with Gasteiger partial charge in [-0.05, 0) is 42.0 Å². The molecule has 4 rings (SSSR count). The van der Waals surface area contributed by atoms with Crippen LogP contribution in [-0.2, 0) is 0 Å². The van der Waals surface area contributed by atoms with E-state index < -0.39 is 0 Å². The van der Waals surface area contributed by atoms with E-state index >= 15 is 0 Å². The van der Waals surface area contributed by atoms with E-state index in [1.807, 2.05) is 43.3 Å². The normalized spacial score (nSPS) is 11.3. The maximum atomic E-state index is 12.2. The number of aromatic nitrogens is 2. The number of hydrogen-bond donors (Lipinski definition) is 2. The minimum Gasteiger partial charge on any atom is -0.272 e. The zero-order chi connectivity index (χ0) is 17.9. The third-order valence-electron chi connectivity index (χ3n) is 3.99. The summed E-state index contributed by atoms with van der Waals surface area (Å²) in [5.74, 6) is -0.325. The topological polar surface area (TPSA) is 70.1 Å². The fraction of sp³-hybridized carbons (Fsp3) is 0.0500. The predicted molar refractivity (Wildman–Crippen MR) is 106 cm³/mol. The van der Waals surface area contributed by atoms with Gasteiger partial charge in [-0.15, -0.1) is 11.3 Å². The molecule has 0 radical (unpaired) electrons. The second-order valence-electron chi connectivity index (χ2n) is 5.88. The Bertz CT molecular complexity index is 1110. The third-order valence-corrected chi connectivity index (χ3v) is 4.92. The van der Waals surface area contributed by atoms with E-state index in [9.17, 15) is 4.79 Å². The van der Waals surface area contributed by atoms with Gasteiger partial charge < -0.3 is 0 Å². The molecule has 2 heterocycles. The van der Waals surface area contributed by atoms with E-state index in [1.165, 1.54) is 10.3 Å². The Balaban J connectivity index is 1.49. The molecule has 2 aromatic heterocycles. The zero-order valence-corrected chi connectivity index (χ0v) is 14.9. The standard InChI is InChI=1S/C20H16N4OS/c1-13-6-9-17(26-13)12-21-24-20(25)19-11-18(22-23-19)16-8-7-14-4-2-3-5-15(14)10-16/h2-12H,1H3,(H,22,23)(H,24,25)/b21-12+. The summed E-state index contributed by atoms with van der Waals surface area (Å²) in [7, 11) is 0. The average molecular weight is 360 g/mol. The van der Waals surface area contributed by atoms with Crippen LogP contribution >= 0.6 is 11.3 Å². The highest BCUT2D eigenvalue weighted by Gasteiger charge is 2.10. The predicted octanol–water partition coefficient (Wildman–Crippen LogP) is 4.36. The fourth-order valence-electron chi connectivity index (χ4n) is 2.67. The van der Waals surface area contributed by atoms with Gasteiger partial charge in [-0.3, -0.25) is 9.89 Å². The van der Waals surface area contributed by atoms with Crippen LogP contribution in [0.4, 0.5) is 0 Å². The molecule has 1 amide bonds. The van der Waals surface area contributed by atoms with E-state index in [4.69, 9.17) is 0 Å². The number of nitrogens with zero attached hydrogens (tertiary/aromatic N) is 2. The van der Waals surface area contributed by atoms with Crippen LogP contribution in [0, 0.1) is 6.92 Å². The lowest BCUT2D eigenvalue weighted by atomic mass is 10.1. The van der Waals surface area contributed by atoms with Crippen molar-refractivity contribution in [1.29, 1.82) is 0 Å². The van der Waals surface area contributed by atoms with Gasteiger partial charge in [0.15, 0.2) is 0 Å². The first kappa shape index (κ1) is 16.2. The third kappa shape index (κ3) is 3.41. The first-order valence-corrected chi connectivity index (χ1v) is 8.95. The molecule has 2 N–H and O–H groups in total. The number of hydrazone groups is 1. The van der Waals surface area contributed by atoms with Crippen molar-refractivity contribution in [1.82, 2.24) is 15.6 Å². The summed E-state index contributed by atoms with van der Waals surface area (Å²) in [6, 6.07) is 19.9. The average Bonchev–Trinajstić information content (AvgIpc) is 3.30. The minimum absolute atomic E-state index is 0.325. The Hall–Kier alpha value is -3.25. The summed E-state index contributed by atoms with van der Waals surface area (Å²) in [4.78, 5) is 14.4. The number of nitrogens with one attached hydrogen (secondary N) is 2. The van der Waals surface area contributed by atoms with Gasteiger partial charge in [-0.25, -0.2) is 5.43 Å². The molecule has 0 fully saturated rings. The molecule has 0 spiro atoms. The molecular formula is C20H16N4OS. The van der Waals surface area contributed by atoms with Gasteiger partial charge in [0, 0.05) is 15.3 Å². The maximum absolute atomic E-state index is 12.2. The molecule has 4 aromatic rings. The second kappa shape index (κ2) is 6.93. The Labute approximate surface area is 154 Å². The van der Waals surface area contributed by atoms with E-state index in [1.54, 1.807) is 23.6 Å². The Kier molecular flexibility index (Phi) is 4.33. The van der Waals surface area contributed by atoms with Crippen molar-refractivity contribution in [2.45, 2.75) is 6.92 Å². The van der Waals surface area contributed by atoms with E-state index in [-0.39, 0.29) is 5.91 Å². The van der Waals surface area contributed by atoms with Gasteiger partial charge in [0.25, 0.3) is 5.91 Å². The lowest BCUT2D eigenvalue weighted by Gasteiger charge is -2.00. The quantitative estimate of drug-likeness (QED) is 0.419. The van der Waals surface area contributed by atoms with Crippen molar-refractivity contribution in [3.8, 4) is 11.3 Å². The number of amides is 1. The number of hydrogen-bond acceptors (Lipinski definition) is 4. The van der Waals surface area contributed by atoms with Crippen molar-refractivity contribution < 1.29 is 4.79 Å². The molecule has 0 atom stereocenters. The summed E-state index contributed by atoms with van der Waals surface area (Å²) in [5, 5.41) is 13.3. The number of thiophene rings is 1. The number of aromatic amines is 1. The number of carbonyl (C=O) groups is 1. The molecule has 26 heavy (non-hydrogen) atoms. The van der Waals surface area contributed by atoms with Gasteiger partial charge in [0.05, 0.1) is 11.9 Å². The molecule has 0 aliphatic rings. The van der Waals surface area contributed by atoms with E-state index in [2.05, 4.69) is 38.9 Å². The highest BCUT2D eigenvalue weighted by molar-refractivity contribution is 7.13. The van der Waals surface area contributed by atoms with Crippen molar-refractivity contribution in [2.24, 2.45) is 5.10 Å². The molecule has 2 aromatic carbocycles. The van der Waals surface area contributed by atoms with E-state index in [0.29, 0.717) is 5.69 Å². The molecule has 0 aliphatic heterocycles. The van der Waals surface area contributed by atoms with Gasteiger partial charge >= 0.3 is 0 Å². The lowest BCUT2D eigenvalue weighted by molar-refractivity contribution is 0.0950. The highest BCUT2D eigenvalue weighted by Crippen LogP contribution is 2.23. The highest BCUT2D eigenvalue weighted by atomic mass is 32.1. The molecule has 0 unspecified atom stereocenters. The number of H-pyrrole nitrogens is 1. The number of benzene rings is 2. The molecule has 5 nitrogen and oxygen atoms in total. The van der Waals surface area contributed by atoms with Crippen LogP contribution in [-0.4, -0.2) is 22.3 Å². The molecule has 6 heteroatoms. The van der Waals surface area contributed by atoms with Gasteiger partial charge in [-0.1, -0.05) is 36.4 Å². The van der Waals surface area contributed by atoms with Gasteiger partial charge in [0.2, 0.25) is 0 Å². The largest absolute Gasteiger partial charge is 0.289 e. The fourth-order valence-corrected chi connectivity index (χ4v) is 3.42. The zero-order valence-electron chi connectivity index (χ0n) is 14.1. The van der Waals surface area contributed by atoms with Crippen LogP contribution in [0.25, 0.3) is 22.0 Å². The van der Waals surface area contributed by atoms with Crippen molar-refractivity contribution >= 4 is 34.2 Å². The SMILES string of the molecule is Cc1ccc(/C=N/NC(=O)c2cc(-c3ccc4ccccc4c3)n[nH]2)s1. The maximum Gasteiger partial charge on any atom is 0.289 e. The number of fused-ring (bicyclic) bond motifs is 1. The first-order valence-electron chi connectivity index (χ1n) is 8.13.